The van der Waals surface area contributed by atoms with Crippen molar-refractivity contribution < 1.29 is 0 Å². The van der Waals surface area contributed by atoms with Gasteiger partial charge in [0.05, 0.1) is 0 Å². The average Bonchev–Trinajstić information content (AvgIpc) is 2.67. The molecule has 1 aliphatic rings. The highest BCUT2D eigenvalue weighted by molar-refractivity contribution is 7.99. The Kier molecular flexibility index (Phi) is 4.79. The maximum atomic E-state index is 6.23. The Labute approximate surface area is 115 Å². The van der Waals surface area contributed by atoms with E-state index in [0.717, 1.165) is 6.42 Å². The van der Waals surface area contributed by atoms with Crippen molar-refractivity contribution in [1.82, 2.24) is 4.57 Å². The monoisotopic (exact) mass is 266 g/mol. The maximum absolute atomic E-state index is 6.23. The van der Waals surface area contributed by atoms with E-state index in [9.17, 15) is 0 Å². The van der Waals surface area contributed by atoms with Crippen LogP contribution in [-0.2, 0) is 6.42 Å². The van der Waals surface area contributed by atoms with Crippen LogP contribution in [0.3, 0.4) is 0 Å². The van der Waals surface area contributed by atoms with Crippen LogP contribution in [0.2, 0.25) is 0 Å². The van der Waals surface area contributed by atoms with E-state index in [1.165, 1.54) is 47.7 Å². The molecule has 0 radical (unpaired) electrons. The van der Waals surface area contributed by atoms with Crippen molar-refractivity contribution in [3.63, 3.8) is 0 Å². The fourth-order valence-corrected chi connectivity index (χ4v) is 3.90. The number of aromatic nitrogens is 1. The first kappa shape index (κ1) is 14.0. The van der Waals surface area contributed by atoms with Crippen molar-refractivity contribution in [1.29, 1.82) is 0 Å². The molecule has 1 aromatic rings. The topological polar surface area (TPSA) is 30.9 Å². The van der Waals surface area contributed by atoms with Crippen LogP contribution in [0.4, 0.5) is 0 Å². The van der Waals surface area contributed by atoms with E-state index in [0.29, 0.717) is 6.04 Å². The highest BCUT2D eigenvalue weighted by Crippen LogP contribution is 2.33. The summed E-state index contributed by atoms with van der Waals surface area (Å²) in [5, 5.41) is 0. The molecule has 18 heavy (non-hydrogen) atoms. The molecule has 0 bridgehead atoms. The number of nitrogens with two attached hydrogens (primary N) is 1. The van der Waals surface area contributed by atoms with Crippen LogP contribution in [0.15, 0.2) is 6.07 Å². The molecular formula is C15H26N2S. The van der Waals surface area contributed by atoms with Crippen molar-refractivity contribution in [2.45, 2.75) is 58.5 Å². The van der Waals surface area contributed by atoms with Crippen LogP contribution in [0, 0.1) is 6.92 Å². The van der Waals surface area contributed by atoms with Gasteiger partial charge in [-0.15, -0.1) is 0 Å². The Bertz CT molecular complexity index is 397. The molecule has 2 unspecified atom stereocenters. The molecule has 2 nitrogen and oxygen atoms in total. The molecule has 2 rings (SSSR count). The summed E-state index contributed by atoms with van der Waals surface area (Å²) in [6, 6.07) is 3.20. The third kappa shape index (κ3) is 2.77. The lowest BCUT2D eigenvalue weighted by molar-refractivity contribution is 0.478. The molecule has 0 aliphatic heterocycles. The average molecular weight is 266 g/mol. The first-order valence-electron chi connectivity index (χ1n) is 7.19. The summed E-state index contributed by atoms with van der Waals surface area (Å²) in [7, 11) is 0. The molecular weight excluding hydrogens is 240 g/mol. The predicted molar refractivity (Wildman–Crippen MR) is 81.4 cm³/mol. The number of fused-ring (bicyclic) bond motifs is 1. The van der Waals surface area contributed by atoms with Gasteiger partial charge in [-0.05, 0) is 62.7 Å². The molecule has 0 fully saturated rings. The Balaban J connectivity index is 2.17. The molecule has 0 amide bonds. The Morgan fingerprint density at radius 2 is 2.33 bits per heavy atom. The lowest BCUT2D eigenvalue weighted by Crippen LogP contribution is -2.20. The standard InChI is InChI=1S/C15H26N2S/c1-4-18-9-8-11(2)17-12(3)10-13-14(16)6-5-7-15(13)17/h10-11,14H,4-9,16H2,1-3H3. The van der Waals surface area contributed by atoms with E-state index >= 15 is 0 Å². The van der Waals surface area contributed by atoms with Crippen LogP contribution in [0.25, 0.3) is 0 Å². The summed E-state index contributed by atoms with van der Waals surface area (Å²) in [4.78, 5) is 0. The van der Waals surface area contributed by atoms with Crippen LogP contribution >= 0.6 is 11.8 Å². The number of aryl methyl sites for hydroxylation is 1. The third-order valence-electron chi connectivity index (χ3n) is 4.02. The number of thioether (sulfide) groups is 1. The van der Waals surface area contributed by atoms with E-state index in [2.05, 4.69) is 31.4 Å². The van der Waals surface area contributed by atoms with Gasteiger partial charge >= 0.3 is 0 Å². The molecule has 1 heterocycles. The summed E-state index contributed by atoms with van der Waals surface area (Å²) < 4.78 is 2.55. The summed E-state index contributed by atoms with van der Waals surface area (Å²) >= 11 is 2.04. The predicted octanol–water partition coefficient (Wildman–Crippen LogP) is 3.84. The smallest absolute Gasteiger partial charge is 0.0315 e. The van der Waals surface area contributed by atoms with Gasteiger partial charge in [-0.25, -0.2) is 0 Å². The molecule has 0 aromatic carbocycles. The first-order chi connectivity index (χ1) is 8.65. The first-order valence-corrected chi connectivity index (χ1v) is 8.34. The fraction of sp³-hybridized carbons (Fsp3) is 0.733. The van der Waals surface area contributed by atoms with Crippen molar-refractivity contribution in [2.75, 3.05) is 11.5 Å². The van der Waals surface area contributed by atoms with Gasteiger partial charge in [0.25, 0.3) is 0 Å². The number of hydrogen-bond acceptors (Lipinski definition) is 2. The molecule has 2 N–H and O–H groups in total. The van der Waals surface area contributed by atoms with Gasteiger partial charge in [0.1, 0.15) is 0 Å². The van der Waals surface area contributed by atoms with Crippen LogP contribution in [0.1, 0.15) is 62.1 Å². The SMILES string of the molecule is CCSCCC(C)n1c(C)cc2c1CCCC2N. The largest absolute Gasteiger partial charge is 0.346 e. The van der Waals surface area contributed by atoms with Gasteiger partial charge < -0.3 is 10.3 Å². The van der Waals surface area contributed by atoms with Crippen molar-refractivity contribution >= 4 is 11.8 Å². The zero-order valence-corrected chi connectivity index (χ0v) is 12.7. The minimum atomic E-state index is 0.269. The Morgan fingerprint density at radius 1 is 1.56 bits per heavy atom. The lowest BCUT2D eigenvalue weighted by Gasteiger charge is -2.24. The second kappa shape index (κ2) is 6.16. The summed E-state index contributed by atoms with van der Waals surface area (Å²) in [5.74, 6) is 2.48. The zero-order valence-electron chi connectivity index (χ0n) is 11.9. The third-order valence-corrected chi connectivity index (χ3v) is 4.95. The molecule has 3 heteroatoms. The maximum Gasteiger partial charge on any atom is 0.0315 e. The van der Waals surface area contributed by atoms with Crippen LogP contribution in [0.5, 0.6) is 0 Å². The molecule has 0 spiro atoms. The van der Waals surface area contributed by atoms with Gasteiger partial charge in [-0.1, -0.05) is 6.92 Å². The van der Waals surface area contributed by atoms with Gasteiger partial charge in [0, 0.05) is 23.5 Å². The molecule has 102 valence electrons. The van der Waals surface area contributed by atoms with Gasteiger partial charge in [-0.3, -0.25) is 0 Å². The summed E-state index contributed by atoms with van der Waals surface area (Å²) in [6.45, 7) is 6.81. The highest BCUT2D eigenvalue weighted by Gasteiger charge is 2.23. The van der Waals surface area contributed by atoms with Gasteiger partial charge in [0.15, 0.2) is 0 Å². The van der Waals surface area contributed by atoms with Crippen molar-refractivity contribution in [2.24, 2.45) is 5.73 Å². The molecule has 2 atom stereocenters. The van der Waals surface area contributed by atoms with Crippen LogP contribution in [-0.4, -0.2) is 16.1 Å². The highest BCUT2D eigenvalue weighted by atomic mass is 32.2. The molecule has 0 saturated carbocycles. The molecule has 1 aromatic heterocycles. The number of hydrogen-bond donors (Lipinski definition) is 1. The van der Waals surface area contributed by atoms with E-state index < -0.39 is 0 Å². The van der Waals surface area contributed by atoms with Crippen molar-refractivity contribution in [3.05, 3.63) is 23.0 Å². The molecule has 1 aliphatic carbocycles. The minimum Gasteiger partial charge on any atom is -0.346 e. The van der Waals surface area contributed by atoms with Crippen LogP contribution < -0.4 is 5.73 Å². The van der Waals surface area contributed by atoms with E-state index in [4.69, 9.17) is 5.73 Å². The fourth-order valence-electron chi connectivity index (χ4n) is 3.10. The molecule has 0 saturated heterocycles. The quantitative estimate of drug-likeness (QED) is 0.821. The van der Waals surface area contributed by atoms with Crippen molar-refractivity contribution in [3.8, 4) is 0 Å². The zero-order chi connectivity index (χ0) is 13.1. The van der Waals surface area contributed by atoms with Gasteiger partial charge in [0.2, 0.25) is 0 Å². The lowest BCUT2D eigenvalue weighted by atomic mass is 9.93. The summed E-state index contributed by atoms with van der Waals surface area (Å²) in [6.07, 6.45) is 4.86. The number of nitrogens with zero attached hydrogens (tertiary/aromatic N) is 1. The minimum absolute atomic E-state index is 0.269. The normalized spacial score (nSPS) is 20.8. The summed E-state index contributed by atoms with van der Waals surface area (Å²) in [5.41, 5.74) is 10.6. The van der Waals surface area contributed by atoms with E-state index in [1.807, 2.05) is 11.8 Å². The van der Waals surface area contributed by atoms with E-state index in [-0.39, 0.29) is 6.04 Å². The Hall–Kier alpha value is -0.410. The number of rotatable bonds is 5. The Morgan fingerprint density at radius 3 is 3.06 bits per heavy atom. The second-order valence-corrected chi connectivity index (χ2v) is 6.78. The second-order valence-electron chi connectivity index (χ2n) is 5.39. The van der Waals surface area contributed by atoms with E-state index in [1.54, 1.807) is 0 Å². The van der Waals surface area contributed by atoms with Gasteiger partial charge in [-0.2, -0.15) is 11.8 Å².